The highest BCUT2D eigenvalue weighted by Crippen LogP contribution is 2.24. The first-order chi connectivity index (χ1) is 28.3. The molecule has 2 atom stereocenters. The molecule has 8 rings (SSSR count). The SMILES string of the molecule is CS(=O)(=O)O[C@@H]1CCN(Cc2ccc(Cl)cc2)C1=O.O=C1[C@@H](N2CCN(c3ccc(O)cn3)CC2)CCN1Cc1ccc(Cl)cc1.Oc1ccc(N2CCNCC2)nc1. The Morgan fingerprint density at radius 1 is 0.661 bits per heavy atom. The molecule has 18 heteroatoms. The van der Waals surface area contributed by atoms with Crippen molar-refractivity contribution in [3.05, 3.63) is 106 Å². The van der Waals surface area contributed by atoms with Gasteiger partial charge < -0.3 is 35.1 Å². The number of piperazine rings is 2. The topological polar surface area (TPSA) is 172 Å². The minimum absolute atomic E-state index is 0.0211. The predicted molar refractivity (Wildman–Crippen MR) is 227 cm³/mol. The van der Waals surface area contributed by atoms with E-state index in [1.54, 1.807) is 29.2 Å². The third-order valence-electron chi connectivity index (χ3n) is 10.4. The van der Waals surface area contributed by atoms with Crippen LogP contribution in [0, 0.1) is 0 Å². The number of aromatic nitrogens is 2. The Kier molecular flexibility index (Phi) is 15.2. The van der Waals surface area contributed by atoms with Crippen LogP contribution >= 0.6 is 23.2 Å². The van der Waals surface area contributed by atoms with Gasteiger partial charge in [-0.15, -0.1) is 0 Å². The van der Waals surface area contributed by atoms with Crippen LogP contribution in [0.2, 0.25) is 10.0 Å². The van der Waals surface area contributed by atoms with Crippen LogP contribution in [0.25, 0.3) is 0 Å². The number of halogens is 2. The van der Waals surface area contributed by atoms with E-state index in [9.17, 15) is 23.1 Å². The number of likely N-dealkylation sites (tertiary alicyclic amines) is 2. The fourth-order valence-corrected chi connectivity index (χ4v) is 8.15. The van der Waals surface area contributed by atoms with Gasteiger partial charge in [-0.1, -0.05) is 47.5 Å². The maximum absolute atomic E-state index is 12.9. The molecular formula is C41H50Cl2N8O7S. The van der Waals surface area contributed by atoms with Gasteiger partial charge in [0.25, 0.3) is 16.0 Å². The lowest BCUT2D eigenvalue weighted by molar-refractivity contribution is -0.134. The summed E-state index contributed by atoms with van der Waals surface area (Å²) in [6, 6.07) is 21.8. The van der Waals surface area contributed by atoms with Gasteiger partial charge in [0.1, 0.15) is 23.1 Å². The van der Waals surface area contributed by atoms with Crippen molar-refractivity contribution in [2.45, 2.75) is 38.1 Å². The summed E-state index contributed by atoms with van der Waals surface area (Å²) in [7, 11) is -3.61. The number of anilines is 2. The lowest BCUT2D eigenvalue weighted by Crippen LogP contribution is -2.52. The highest BCUT2D eigenvalue weighted by atomic mass is 35.5. The molecule has 6 heterocycles. The van der Waals surface area contributed by atoms with Gasteiger partial charge in [0, 0.05) is 95.0 Å². The molecule has 4 saturated heterocycles. The van der Waals surface area contributed by atoms with E-state index in [2.05, 4.69) is 30.0 Å². The fourth-order valence-electron chi connectivity index (χ4n) is 7.29. The number of carbonyl (C=O) groups excluding carboxylic acids is 2. The van der Waals surface area contributed by atoms with Crippen molar-refractivity contribution in [1.82, 2.24) is 30.0 Å². The number of hydrogen-bond donors (Lipinski definition) is 3. The van der Waals surface area contributed by atoms with Gasteiger partial charge in [-0.05, 0) is 66.1 Å². The van der Waals surface area contributed by atoms with Crippen LogP contribution in [-0.4, -0.2) is 139 Å². The molecular weight excluding hydrogens is 819 g/mol. The lowest BCUT2D eigenvalue weighted by Gasteiger charge is -2.37. The first-order valence-corrected chi connectivity index (χ1v) is 22.1. The zero-order valence-corrected chi connectivity index (χ0v) is 35.2. The first-order valence-electron chi connectivity index (χ1n) is 19.5. The Hall–Kier alpha value is -4.71. The standard InChI is InChI=1S/C20H23ClN4O2.C12H14ClNO4S.C9H13N3O/c21-16-3-1-15(2-4-16)14-25-8-7-18(20(25)27)23-9-11-24(12-10-23)19-6-5-17(26)13-22-19;1-19(16,17)18-11-6-7-14(12(11)15)8-9-2-4-10(13)5-3-9;13-8-1-2-9(11-7-8)12-5-3-10-4-6-12/h1-6,13,18,26H,7-12,14H2;2-5,11H,6-8H2,1H3;1-2,7,10,13H,3-6H2/t18-;11-;/m01./s1. The number of nitrogens with zero attached hydrogens (tertiary/aromatic N) is 7. The van der Waals surface area contributed by atoms with Crippen LogP contribution in [-0.2, 0) is 37.0 Å². The second-order valence-electron chi connectivity index (χ2n) is 14.7. The molecule has 0 bridgehead atoms. The van der Waals surface area contributed by atoms with Crippen molar-refractivity contribution >= 4 is 56.8 Å². The number of aromatic hydroxyl groups is 2. The highest BCUT2D eigenvalue weighted by molar-refractivity contribution is 7.86. The van der Waals surface area contributed by atoms with Gasteiger partial charge in [-0.3, -0.25) is 18.7 Å². The molecule has 2 amide bonds. The number of pyridine rings is 2. The van der Waals surface area contributed by atoms with Crippen LogP contribution < -0.4 is 15.1 Å². The van der Waals surface area contributed by atoms with E-state index in [1.807, 2.05) is 53.4 Å². The van der Waals surface area contributed by atoms with Crippen LogP contribution in [0.4, 0.5) is 11.6 Å². The third kappa shape index (κ3) is 12.9. The molecule has 4 aliphatic rings. The van der Waals surface area contributed by atoms with Gasteiger partial charge in [-0.25, -0.2) is 9.97 Å². The molecule has 15 nitrogen and oxygen atoms in total. The first kappa shape index (κ1) is 43.9. The van der Waals surface area contributed by atoms with Crippen molar-refractivity contribution in [3.63, 3.8) is 0 Å². The molecule has 3 N–H and O–H groups in total. The maximum atomic E-state index is 12.9. The normalized spacial score (nSPS) is 19.9. The number of nitrogens with one attached hydrogen (secondary N) is 1. The summed E-state index contributed by atoms with van der Waals surface area (Å²) in [5.41, 5.74) is 2.05. The summed E-state index contributed by atoms with van der Waals surface area (Å²) in [5.74, 6) is 2.14. The molecule has 4 aliphatic heterocycles. The molecule has 0 spiro atoms. The van der Waals surface area contributed by atoms with Gasteiger partial charge in [0.15, 0.2) is 6.10 Å². The summed E-state index contributed by atoms with van der Waals surface area (Å²) in [5, 5.41) is 23.1. The summed E-state index contributed by atoms with van der Waals surface area (Å²) in [4.78, 5) is 43.5. The Morgan fingerprint density at radius 3 is 1.61 bits per heavy atom. The quantitative estimate of drug-likeness (QED) is 0.207. The Balaban J connectivity index is 0.000000159. The predicted octanol–water partition coefficient (Wildman–Crippen LogP) is 3.98. The van der Waals surface area contributed by atoms with Gasteiger partial charge in [0.2, 0.25) is 5.91 Å². The van der Waals surface area contributed by atoms with Crippen molar-refractivity contribution in [3.8, 4) is 11.5 Å². The highest BCUT2D eigenvalue weighted by Gasteiger charge is 2.37. The van der Waals surface area contributed by atoms with E-state index >= 15 is 0 Å². The van der Waals surface area contributed by atoms with E-state index in [-0.39, 0.29) is 29.4 Å². The summed E-state index contributed by atoms with van der Waals surface area (Å²) < 4.78 is 26.8. The molecule has 4 aromatic rings. The smallest absolute Gasteiger partial charge is 0.265 e. The van der Waals surface area contributed by atoms with E-state index in [1.165, 1.54) is 12.4 Å². The van der Waals surface area contributed by atoms with E-state index in [4.69, 9.17) is 32.5 Å². The van der Waals surface area contributed by atoms with E-state index in [0.717, 1.165) is 94.3 Å². The van der Waals surface area contributed by atoms with Crippen LogP contribution in [0.3, 0.4) is 0 Å². The molecule has 0 saturated carbocycles. The molecule has 2 aromatic heterocycles. The minimum atomic E-state index is -3.61. The van der Waals surface area contributed by atoms with Gasteiger partial charge >= 0.3 is 0 Å². The fraction of sp³-hybridized carbons (Fsp3) is 0.415. The molecule has 0 radical (unpaired) electrons. The largest absolute Gasteiger partial charge is 0.506 e. The van der Waals surface area contributed by atoms with Gasteiger partial charge in [0.05, 0.1) is 24.7 Å². The Bertz CT molecular complexity index is 2090. The van der Waals surface area contributed by atoms with Crippen molar-refractivity contribution < 1.29 is 32.4 Å². The van der Waals surface area contributed by atoms with Crippen LogP contribution in [0.1, 0.15) is 24.0 Å². The van der Waals surface area contributed by atoms with E-state index in [0.29, 0.717) is 36.1 Å². The number of amides is 2. The van der Waals surface area contributed by atoms with E-state index < -0.39 is 16.2 Å². The zero-order valence-electron chi connectivity index (χ0n) is 32.9. The Labute approximate surface area is 355 Å². The second kappa shape index (κ2) is 20.5. The molecule has 59 heavy (non-hydrogen) atoms. The van der Waals surface area contributed by atoms with Gasteiger partial charge in [-0.2, -0.15) is 8.42 Å². The number of hydrogen-bond acceptors (Lipinski definition) is 13. The lowest BCUT2D eigenvalue weighted by atomic mass is 10.1. The number of benzene rings is 2. The van der Waals surface area contributed by atoms with Crippen molar-refractivity contribution in [2.24, 2.45) is 0 Å². The summed E-state index contributed by atoms with van der Waals surface area (Å²) in [6.45, 7) is 9.68. The zero-order chi connectivity index (χ0) is 41.9. The summed E-state index contributed by atoms with van der Waals surface area (Å²) in [6.07, 6.45) is 4.28. The maximum Gasteiger partial charge on any atom is 0.265 e. The minimum Gasteiger partial charge on any atom is -0.506 e. The molecule has 4 fully saturated rings. The Morgan fingerprint density at radius 2 is 1.14 bits per heavy atom. The second-order valence-corrected chi connectivity index (χ2v) is 17.1. The molecule has 0 aliphatic carbocycles. The van der Waals surface area contributed by atoms with Crippen molar-refractivity contribution in [2.75, 3.05) is 81.5 Å². The average Bonchev–Trinajstić information content (AvgIpc) is 3.76. The molecule has 316 valence electrons. The van der Waals surface area contributed by atoms with Crippen LogP contribution in [0.15, 0.2) is 85.2 Å². The average molecular weight is 870 g/mol. The number of rotatable bonds is 9. The summed E-state index contributed by atoms with van der Waals surface area (Å²) >= 11 is 11.7. The molecule has 2 aromatic carbocycles. The van der Waals surface area contributed by atoms with Crippen LogP contribution in [0.5, 0.6) is 11.5 Å². The molecule has 0 unspecified atom stereocenters. The monoisotopic (exact) mass is 868 g/mol. The third-order valence-corrected chi connectivity index (χ3v) is 11.5. The number of carbonyl (C=O) groups is 2. The van der Waals surface area contributed by atoms with Crippen molar-refractivity contribution in [1.29, 1.82) is 0 Å².